The molecule has 1 aliphatic carbocycles. The number of thiazole rings is 1. The smallest absolute Gasteiger partial charge is 0.253 e. The zero-order chi connectivity index (χ0) is 15.9. The van der Waals surface area contributed by atoms with E-state index in [2.05, 4.69) is 10.3 Å². The second kappa shape index (κ2) is 5.52. The van der Waals surface area contributed by atoms with Crippen LogP contribution in [0.15, 0.2) is 17.6 Å². The van der Waals surface area contributed by atoms with E-state index in [4.69, 9.17) is 5.73 Å². The van der Waals surface area contributed by atoms with E-state index < -0.39 is 0 Å². The minimum Gasteiger partial charge on any atom is -0.345 e. The molecule has 1 amide bonds. The van der Waals surface area contributed by atoms with Gasteiger partial charge in [-0.25, -0.2) is 4.98 Å². The molecular weight excluding hydrogens is 296 g/mol. The minimum absolute atomic E-state index is 0.0456. The monoisotopic (exact) mass is 318 g/mol. The number of aryl methyl sites for hydroxylation is 1. The van der Waals surface area contributed by atoms with Gasteiger partial charge in [0.15, 0.2) is 5.13 Å². The summed E-state index contributed by atoms with van der Waals surface area (Å²) in [5.74, 6) is 0.458. The molecule has 1 unspecified atom stereocenters. The number of hydrogen-bond donors (Lipinski definition) is 2. The normalized spacial score (nSPS) is 17.3. The third-order valence-electron chi connectivity index (χ3n) is 4.59. The van der Waals surface area contributed by atoms with Gasteiger partial charge in [-0.1, -0.05) is 0 Å². The lowest BCUT2D eigenvalue weighted by atomic mass is 9.95. The SMILES string of the molecule is Cc1cc(C(=O)NC(C)(CN)C2CC2)c(C)n1-c1nccs1. The maximum atomic E-state index is 12.7. The zero-order valence-corrected chi connectivity index (χ0v) is 14.0. The molecule has 0 saturated heterocycles. The highest BCUT2D eigenvalue weighted by molar-refractivity contribution is 7.12. The average molecular weight is 318 g/mol. The Morgan fingerprint density at radius 1 is 1.55 bits per heavy atom. The van der Waals surface area contributed by atoms with Crippen LogP contribution in [0.5, 0.6) is 0 Å². The number of carbonyl (C=O) groups is 1. The van der Waals surface area contributed by atoms with Gasteiger partial charge in [-0.2, -0.15) is 0 Å². The molecular formula is C16H22N4OS. The van der Waals surface area contributed by atoms with E-state index in [1.807, 2.05) is 36.8 Å². The predicted molar refractivity (Wildman–Crippen MR) is 88.6 cm³/mol. The Labute approximate surface area is 134 Å². The Morgan fingerprint density at radius 3 is 2.82 bits per heavy atom. The van der Waals surface area contributed by atoms with E-state index in [0.717, 1.165) is 29.4 Å². The largest absolute Gasteiger partial charge is 0.345 e. The molecule has 5 nitrogen and oxygen atoms in total. The van der Waals surface area contributed by atoms with E-state index >= 15 is 0 Å². The summed E-state index contributed by atoms with van der Waals surface area (Å²) >= 11 is 1.56. The van der Waals surface area contributed by atoms with Crippen molar-refractivity contribution >= 4 is 17.2 Å². The van der Waals surface area contributed by atoms with E-state index in [1.165, 1.54) is 0 Å². The van der Waals surface area contributed by atoms with Crippen LogP contribution in [0.25, 0.3) is 5.13 Å². The molecule has 6 heteroatoms. The zero-order valence-electron chi connectivity index (χ0n) is 13.2. The van der Waals surface area contributed by atoms with Gasteiger partial charge >= 0.3 is 0 Å². The Kier molecular flexibility index (Phi) is 3.82. The van der Waals surface area contributed by atoms with Crippen LogP contribution in [-0.4, -0.2) is 27.5 Å². The number of nitrogens with one attached hydrogen (secondary N) is 1. The summed E-state index contributed by atoms with van der Waals surface area (Å²) < 4.78 is 2.02. The summed E-state index contributed by atoms with van der Waals surface area (Å²) in [5, 5.41) is 5.98. The number of rotatable bonds is 5. The van der Waals surface area contributed by atoms with E-state index in [0.29, 0.717) is 18.0 Å². The summed E-state index contributed by atoms with van der Waals surface area (Å²) in [7, 11) is 0. The van der Waals surface area contributed by atoms with Gasteiger partial charge in [0.1, 0.15) is 0 Å². The van der Waals surface area contributed by atoms with Crippen LogP contribution in [0.3, 0.4) is 0 Å². The molecule has 1 fully saturated rings. The highest BCUT2D eigenvalue weighted by Crippen LogP contribution is 2.39. The van der Waals surface area contributed by atoms with Crippen molar-refractivity contribution in [2.75, 3.05) is 6.54 Å². The number of nitrogens with zero attached hydrogens (tertiary/aromatic N) is 2. The van der Waals surface area contributed by atoms with Crippen LogP contribution in [-0.2, 0) is 0 Å². The average Bonchev–Trinajstić information content (AvgIpc) is 3.14. The number of nitrogens with two attached hydrogens (primary N) is 1. The van der Waals surface area contributed by atoms with Gasteiger partial charge in [0, 0.05) is 29.5 Å². The van der Waals surface area contributed by atoms with Crippen LogP contribution in [0.2, 0.25) is 0 Å². The van der Waals surface area contributed by atoms with Crippen molar-refractivity contribution in [2.24, 2.45) is 11.7 Å². The van der Waals surface area contributed by atoms with Crippen LogP contribution in [0, 0.1) is 19.8 Å². The number of amides is 1. The first-order valence-corrected chi connectivity index (χ1v) is 8.45. The molecule has 1 atom stereocenters. The molecule has 0 bridgehead atoms. The molecule has 3 rings (SSSR count). The Bertz CT molecular complexity index is 687. The molecule has 0 aliphatic heterocycles. The number of aromatic nitrogens is 2. The van der Waals surface area contributed by atoms with Crippen molar-refractivity contribution in [3.05, 3.63) is 34.6 Å². The lowest BCUT2D eigenvalue weighted by molar-refractivity contribution is 0.0897. The fourth-order valence-corrected chi connectivity index (χ4v) is 3.73. The molecule has 0 aromatic carbocycles. The van der Waals surface area contributed by atoms with E-state index in [-0.39, 0.29) is 11.4 Å². The lowest BCUT2D eigenvalue weighted by Crippen LogP contribution is -2.53. The molecule has 2 aromatic rings. The Morgan fingerprint density at radius 2 is 2.27 bits per heavy atom. The fraction of sp³-hybridized carbons (Fsp3) is 0.500. The molecule has 1 aliphatic rings. The minimum atomic E-state index is -0.305. The topological polar surface area (TPSA) is 72.9 Å². The van der Waals surface area contributed by atoms with Crippen molar-refractivity contribution in [1.29, 1.82) is 0 Å². The van der Waals surface area contributed by atoms with Crippen molar-refractivity contribution in [1.82, 2.24) is 14.9 Å². The van der Waals surface area contributed by atoms with Crippen LogP contribution in [0.4, 0.5) is 0 Å². The first kappa shape index (κ1) is 15.2. The first-order valence-electron chi connectivity index (χ1n) is 7.57. The highest BCUT2D eigenvalue weighted by Gasteiger charge is 2.42. The maximum Gasteiger partial charge on any atom is 0.253 e. The van der Waals surface area contributed by atoms with Gasteiger partial charge in [-0.3, -0.25) is 9.36 Å². The first-order chi connectivity index (χ1) is 10.5. The summed E-state index contributed by atoms with van der Waals surface area (Å²) in [6, 6.07) is 1.93. The van der Waals surface area contributed by atoms with Gasteiger partial charge in [-0.05, 0) is 45.6 Å². The molecule has 2 aromatic heterocycles. The summed E-state index contributed by atoms with van der Waals surface area (Å²) in [6.45, 7) is 6.46. The van der Waals surface area contributed by atoms with Gasteiger partial charge in [0.2, 0.25) is 0 Å². The lowest BCUT2D eigenvalue weighted by Gasteiger charge is -2.29. The second-order valence-electron chi connectivity index (χ2n) is 6.28. The molecule has 0 spiro atoms. The van der Waals surface area contributed by atoms with Crippen molar-refractivity contribution in [3.8, 4) is 5.13 Å². The van der Waals surface area contributed by atoms with Crippen molar-refractivity contribution in [2.45, 2.75) is 39.2 Å². The number of hydrogen-bond acceptors (Lipinski definition) is 4. The van der Waals surface area contributed by atoms with Crippen LogP contribution in [0.1, 0.15) is 41.5 Å². The molecule has 0 radical (unpaired) electrons. The van der Waals surface area contributed by atoms with Crippen molar-refractivity contribution in [3.63, 3.8) is 0 Å². The van der Waals surface area contributed by atoms with Gasteiger partial charge in [0.05, 0.1) is 11.1 Å². The van der Waals surface area contributed by atoms with E-state index in [1.54, 1.807) is 17.5 Å². The third kappa shape index (κ3) is 2.57. The molecule has 118 valence electrons. The van der Waals surface area contributed by atoms with Gasteiger partial charge in [-0.15, -0.1) is 11.3 Å². The summed E-state index contributed by atoms with van der Waals surface area (Å²) in [6.07, 6.45) is 4.06. The molecule has 1 saturated carbocycles. The molecule has 22 heavy (non-hydrogen) atoms. The molecule has 2 heterocycles. The quantitative estimate of drug-likeness (QED) is 0.889. The van der Waals surface area contributed by atoms with E-state index in [9.17, 15) is 4.79 Å². The highest BCUT2D eigenvalue weighted by atomic mass is 32.1. The Balaban J connectivity index is 1.89. The fourth-order valence-electron chi connectivity index (χ4n) is 2.98. The number of carbonyl (C=O) groups excluding carboxylic acids is 1. The van der Waals surface area contributed by atoms with Crippen LogP contribution >= 0.6 is 11.3 Å². The van der Waals surface area contributed by atoms with Gasteiger partial charge in [0.25, 0.3) is 5.91 Å². The maximum absolute atomic E-state index is 12.7. The third-order valence-corrected chi connectivity index (χ3v) is 5.34. The molecule has 3 N–H and O–H groups in total. The second-order valence-corrected chi connectivity index (χ2v) is 7.16. The predicted octanol–water partition coefficient (Wildman–Crippen LogP) is 2.41. The summed E-state index contributed by atoms with van der Waals surface area (Å²) in [5.41, 5.74) is 8.22. The van der Waals surface area contributed by atoms with Gasteiger partial charge < -0.3 is 11.1 Å². The standard InChI is InChI=1S/C16H22N4OS/c1-10-8-13(11(2)20(10)15-18-6-7-22-15)14(21)19-16(3,9-17)12-4-5-12/h6-8,12H,4-5,9,17H2,1-3H3,(H,19,21). The van der Waals surface area contributed by atoms with Crippen molar-refractivity contribution < 1.29 is 4.79 Å². The Hall–Kier alpha value is -1.66. The van der Waals surface area contributed by atoms with Crippen LogP contribution < -0.4 is 11.1 Å². The summed E-state index contributed by atoms with van der Waals surface area (Å²) in [4.78, 5) is 17.0.